The van der Waals surface area contributed by atoms with Gasteiger partial charge in [-0.1, -0.05) is 46.4 Å². The van der Waals surface area contributed by atoms with E-state index in [9.17, 15) is 12.6 Å². The van der Waals surface area contributed by atoms with Crippen LogP contribution in [0.3, 0.4) is 0 Å². The summed E-state index contributed by atoms with van der Waals surface area (Å²) >= 11 is 2.21. The van der Waals surface area contributed by atoms with Gasteiger partial charge >= 0.3 is 0 Å². The van der Waals surface area contributed by atoms with E-state index < -0.39 is 25.0 Å². The molecule has 130 valence electrons. The van der Waals surface area contributed by atoms with Gasteiger partial charge in [0.25, 0.3) is 10.0 Å². The van der Waals surface area contributed by atoms with Crippen LogP contribution in [-0.4, -0.2) is 23.9 Å². The average molecular weight is 478 g/mol. The number of nitrogens with zero attached hydrogens (tertiary/aromatic N) is 2. The number of benzene rings is 1. The Morgan fingerprint density at radius 2 is 1.75 bits per heavy atom. The highest BCUT2D eigenvalue weighted by Crippen LogP contribution is 2.25. The third kappa shape index (κ3) is 4.54. The minimum absolute atomic E-state index is 0.0493. The monoisotopic (exact) mass is 478 g/mol. The summed E-state index contributed by atoms with van der Waals surface area (Å²) in [7, 11) is -6.98. The Bertz CT molecular complexity index is 930. The molecule has 0 spiro atoms. The third-order valence-corrected chi connectivity index (χ3v) is 8.88. The number of alkyl halides is 1. The predicted octanol–water partition coefficient (Wildman–Crippen LogP) is 3.87. The zero-order valence-corrected chi connectivity index (χ0v) is 17.4. The van der Waals surface area contributed by atoms with Crippen LogP contribution in [0.25, 0.3) is 0 Å². The summed E-state index contributed by atoms with van der Waals surface area (Å²) < 4.78 is 42.3. The second-order valence-electron chi connectivity index (χ2n) is 5.58. The number of pyridine rings is 1. The van der Waals surface area contributed by atoms with Crippen LogP contribution in [-0.2, 0) is 24.2 Å². The van der Waals surface area contributed by atoms with Crippen LogP contribution < -0.4 is 0 Å². The molecule has 0 bridgehead atoms. The van der Waals surface area contributed by atoms with Gasteiger partial charge in [-0.2, -0.15) is 8.42 Å². The van der Waals surface area contributed by atoms with Gasteiger partial charge in [0.1, 0.15) is 0 Å². The van der Waals surface area contributed by atoms with Crippen molar-refractivity contribution in [2.24, 2.45) is 3.77 Å². The summed E-state index contributed by atoms with van der Waals surface area (Å²) in [6.45, 7) is 3.57. The van der Waals surface area contributed by atoms with Crippen molar-refractivity contribution in [2.75, 3.05) is 6.26 Å². The largest absolute Gasteiger partial charge is 0.290 e. The topological polar surface area (TPSA) is 76.5 Å². The van der Waals surface area contributed by atoms with Gasteiger partial charge in [0.15, 0.2) is 0 Å². The van der Waals surface area contributed by atoms with E-state index in [0.717, 1.165) is 15.7 Å². The van der Waals surface area contributed by atoms with Crippen LogP contribution in [0.1, 0.15) is 29.0 Å². The maximum atomic E-state index is 12.9. The molecule has 0 saturated carbocycles. The molecular weight excluding hydrogens is 459 g/mol. The third-order valence-electron chi connectivity index (χ3n) is 3.67. The molecule has 0 fully saturated rings. The van der Waals surface area contributed by atoms with Crippen LogP contribution in [0.5, 0.6) is 0 Å². The Kier molecular flexibility index (Phi) is 6.03. The molecule has 0 aliphatic carbocycles. The number of hydrogen-bond donors (Lipinski definition) is 0. The van der Waals surface area contributed by atoms with Crippen molar-refractivity contribution in [3.05, 3.63) is 59.4 Å². The molecule has 8 heteroatoms. The van der Waals surface area contributed by atoms with Gasteiger partial charge in [0, 0.05) is 16.9 Å². The summed E-state index contributed by atoms with van der Waals surface area (Å²) in [5.74, 6) is 0. The molecule has 2 rings (SSSR count). The first-order valence-corrected chi connectivity index (χ1v) is 12.2. The van der Waals surface area contributed by atoms with Crippen LogP contribution in [0, 0.1) is 6.92 Å². The molecule has 2 unspecified atom stereocenters. The van der Waals surface area contributed by atoms with Crippen molar-refractivity contribution in [2.45, 2.75) is 28.4 Å². The average Bonchev–Trinajstić information content (AvgIpc) is 2.53. The number of rotatable bonds is 5. The van der Waals surface area contributed by atoms with Crippen LogP contribution >= 0.6 is 22.6 Å². The fourth-order valence-electron chi connectivity index (χ4n) is 2.02. The van der Waals surface area contributed by atoms with E-state index in [1.165, 1.54) is 18.4 Å². The molecule has 2 atom stereocenters. The van der Waals surface area contributed by atoms with E-state index in [0.29, 0.717) is 5.56 Å². The van der Waals surface area contributed by atoms with E-state index in [4.69, 9.17) is 0 Å². The second-order valence-corrected chi connectivity index (χ2v) is 10.8. The molecule has 2 aromatic rings. The van der Waals surface area contributed by atoms with Crippen molar-refractivity contribution in [3.8, 4) is 0 Å². The quantitative estimate of drug-likeness (QED) is 0.483. The van der Waals surface area contributed by atoms with E-state index in [2.05, 4.69) is 31.3 Å². The first kappa shape index (κ1) is 19.3. The lowest BCUT2D eigenvalue weighted by Crippen LogP contribution is -2.11. The zero-order valence-electron chi connectivity index (χ0n) is 13.6. The highest BCUT2D eigenvalue weighted by molar-refractivity contribution is 14.1. The van der Waals surface area contributed by atoms with Gasteiger partial charge < -0.3 is 0 Å². The van der Waals surface area contributed by atoms with Crippen molar-refractivity contribution in [1.29, 1.82) is 0 Å². The molecule has 24 heavy (non-hydrogen) atoms. The van der Waals surface area contributed by atoms with Crippen molar-refractivity contribution >= 4 is 42.3 Å². The Balaban J connectivity index is 2.41. The van der Waals surface area contributed by atoms with E-state index in [1.807, 2.05) is 19.1 Å². The van der Waals surface area contributed by atoms with E-state index >= 15 is 0 Å². The summed E-state index contributed by atoms with van der Waals surface area (Å²) in [6.07, 6.45) is 3.01. The van der Waals surface area contributed by atoms with Gasteiger partial charge in [-0.25, -0.2) is 4.21 Å². The molecule has 1 aromatic carbocycles. The lowest BCUT2D eigenvalue weighted by atomic mass is 10.2. The summed E-state index contributed by atoms with van der Waals surface area (Å²) in [6, 6.07) is 10.0. The number of aromatic nitrogens is 1. The summed E-state index contributed by atoms with van der Waals surface area (Å²) in [5.41, 5.74) is 2.57. The molecule has 0 saturated heterocycles. The maximum absolute atomic E-state index is 12.9. The highest BCUT2D eigenvalue weighted by Gasteiger charge is 2.22. The van der Waals surface area contributed by atoms with Gasteiger partial charge in [0.2, 0.25) is 0 Å². The lowest BCUT2D eigenvalue weighted by Gasteiger charge is -2.14. The minimum atomic E-state index is -3.97. The SMILES string of the molecule is Cc1ccc(S(=O)(=O)N=S(C)(=O)C(C)c2ccc(CI)nc2)cc1. The molecule has 0 amide bonds. The zero-order chi connectivity index (χ0) is 18.0. The summed E-state index contributed by atoms with van der Waals surface area (Å²) in [4.78, 5) is 4.32. The lowest BCUT2D eigenvalue weighted by molar-refractivity contribution is 0.597. The maximum Gasteiger partial charge on any atom is 0.290 e. The smallest absolute Gasteiger partial charge is 0.260 e. The Morgan fingerprint density at radius 3 is 2.25 bits per heavy atom. The van der Waals surface area contributed by atoms with E-state index in [1.54, 1.807) is 25.3 Å². The Labute approximate surface area is 157 Å². The van der Waals surface area contributed by atoms with Crippen LogP contribution in [0.2, 0.25) is 0 Å². The van der Waals surface area contributed by atoms with Crippen LogP contribution in [0.4, 0.5) is 0 Å². The van der Waals surface area contributed by atoms with Gasteiger partial charge in [0.05, 0.1) is 25.6 Å². The number of halogens is 1. The standard InChI is InChI=1S/C16H19IN2O3S2/c1-12-4-8-16(9-5-12)24(21,22)19-23(3,20)13(2)14-6-7-15(10-17)18-11-14/h4-9,11,13H,10H2,1-3H3. The molecular formula is C16H19IN2O3S2. The fraction of sp³-hybridized carbons (Fsp3) is 0.312. The Hall–Kier alpha value is -1.00. The van der Waals surface area contributed by atoms with Gasteiger partial charge in [-0.05, 0) is 37.6 Å². The first-order valence-electron chi connectivity index (χ1n) is 7.20. The van der Waals surface area contributed by atoms with Crippen molar-refractivity contribution in [1.82, 2.24) is 4.98 Å². The van der Waals surface area contributed by atoms with Gasteiger partial charge in [-0.15, -0.1) is 3.77 Å². The number of hydrogen-bond acceptors (Lipinski definition) is 4. The Morgan fingerprint density at radius 1 is 1.12 bits per heavy atom. The normalized spacial score (nSPS) is 15.5. The molecule has 1 heterocycles. The first-order chi connectivity index (χ1) is 11.2. The predicted molar refractivity (Wildman–Crippen MR) is 105 cm³/mol. The minimum Gasteiger partial charge on any atom is -0.260 e. The molecule has 1 aromatic heterocycles. The summed E-state index contributed by atoms with van der Waals surface area (Å²) in [5, 5.41) is -0.548. The molecule has 5 nitrogen and oxygen atoms in total. The highest BCUT2D eigenvalue weighted by atomic mass is 127. The molecule has 0 N–H and O–H groups in total. The molecule has 0 aliphatic rings. The second kappa shape index (κ2) is 7.49. The molecule has 0 aliphatic heterocycles. The number of sulfonamides is 1. The van der Waals surface area contributed by atoms with Gasteiger partial charge in [-0.3, -0.25) is 4.98 Å². The van der Waals surface area contributed by atoms with Crippen LogP contribution in [0.15, 0.2) is 51.3 Å². The van der Waals surface area contributed by atoms with Crippen molar-refractivity contribution in [3.63, 3.8) is 0 Å². The molecule has 0 radical (unpaired) electrons. The van der Waals surface area contributed by atoms with Crippen molar-refractivity contribution < 1.29 is 12.6 Å². The number of aryl methyl sites for hydroxylation is 1. The van der Waals surface area contributed by atoms with E-state index in [-0.39, 0.29) is 4.90 Å². The fourth-order valence-corrected chi connectivity index (χ4v) is 6.02.